The molecule has 2 aromatic rings. The van der Waals surface area contributed by atoms with E-state index in [2.05, 4.69) is 15.3 Å². The molecule has 0 aromatic carbocycles. The lowest BCUT2D eigenvalue weighted by atomic mass is 10.2. The highest BCUT2D eigenvalue weighted by atomic mass is 35.5. The number of halogens is 1. The summed E-state index contributed by atoms with van der Waals surface area (Å²) in [4.78, 5) is 19.5. The predicted molar refractivity (Wildman–Crippen MR) is 61.4 cm³/mol. The van der Waals surface area contributed by atoms with Crippen LogP contribution in [0.25, 0.3) is 0 Å². The summed E-state index contributed by atoms with van der Waals surface area (Å²) in [5, 5.41) is 3.16. The number of amides is 1. The van der Waals surface area contributed by atoms with Crippen molar-refractivity contribution in [3.63, 3.8) is 0 Å². The van der Waals surface area contributed by atoms with Gasteiger partial charge in [-0.25, -0.2) is 4.98 Å². The van der Waals surface area contributed by atoms with E-state index in [4.69, 9.17) is 11.6 Å². The number of hydrogen-bond acceptors (Lipinski definition) is 3. The summed E-state index contributed by atoms with van der Waals surface area (Å²) in [6.07, 6.45) is 4.64. The summed E-state index contributed by atoms with van der Waals surface area (Å²) in [5.41, 5.74) is 0.525. The Morgan fingerprint density at radius 3 is 2.62 bits per heavy atom. The average molecular weight is 234 g/mol. The third kappa shape index (κ3) is 2.55. The Hall–Kier alpha value is -1.94. The lowest BCUT2D eigenvalue weighted by molar-refractivity contribution is 0.102. The Morgan fingerprint density at radius 1 is 1.19 bits per heavy atom. The summed E-state index contributed by atoms with van der Waals surface area (Å²) in [6.45, 7) is 0. The summed E-state index contributed by atoms with van der Waals surface area (Å²) >= 11 is 5.77. The molecular weight excluding hydrogens is 226 g/mol. The van der Waals surface area contributed by atoms with Crippen molar-refractivity contribution in [3.05, 3.63) is 53.4 Å². The lowest BCUT2D eigenvalue weighted by Crippen LogP contribution is -2.12. The van der Waals surface area contributed by atoms with Crippen LogP contribution in [0.1, 0.15) is 10.4 Å². The Balaban J connectivity index is 2.14. The van der Waals surface area contributed by atoms with Gasteiger partial charge in [-0.05, 0) is 24.3 Å². The highest BCUT2D eigenvalue weighted by Crippen LogP contribution is 2.12. The number of pyridine rings is 2. The fourth-order valence-corrected chi connectivity index (χ4v) is 1.32. The van der Waals surface area contributed by atoms with Gasteiger partial charge in [0.1, 0.15) is 5.82 Å². The van der Waals surface area contributed by atoms with Gasteiger partial charge in [0, 0.05) is 29.2 Å². The van der Waals surface area contributed by atoms with Crippen LogP contribution in [-0.2, 0) is 0 Å². The van der Waals surface area contributed by atoms with E-state index >= 15 is 0 Å². The second-order valence-electron chi connectivity index (χ2n) is 3.05. The van der Waals surface area contributed by atoms with E-state index in [1.54, 1.807) is 36.7 Å². The van der Waals surface area contributed by atoms with Gasteiger partial charge in [0.2, 0.25) is 0 Å². The van der Waals surface area contributed by atoms with E-state index in [0.29, 0.717) is 16.4 Å². The second-order valence-corrected chi connectivity index (χ2v) is 3.49. The zero-order valence-electron chi connectivity index (χ0n) is 8.22. The number of anilines is 1. The van der Waals surface area contributed by atoms with Crippen LogP contribution in [0.2, 0.25) is 5.02 Å². The maximum atomic E-state index is 11.7. The van der Waals surface area contributed by atoms with Crippen molar-refractivity contribution < 1.29 is 4.79 Å². The summed E-state index contributed by atoms with van der Waals surface area (Å²) in [5.74, 6) is 0.187. The zero-order valence-corrected chi connectivity index (χ0v) is 8.98. The molecule has 0 bridgehead atoms. The van der Waals surface area contributed by atoms with Crippen LogP contribution in [0.3, 0.4) is 0 Å². The Bertz CT molecular complexity index is 502. The molecule has 5 heteroatoms. The molecule has 16 heavy (non-hydrogen) atoms. The number of aromatic nitrogens is 2. The van der Waals surface area contributed by atoms with E-state index in [-0.39, 0.29) is 5.91 Å². The van der Waals surface area contributed by atoms with E-state index in [0.717, 1.165) is 0 Å². The van der Waals surface area contributed by atoms with E-state index in [1.807, 2.05) is 0 Å². The maximum Gasteiger partial charge on any atom is 0.256 e. The first-order chi connectivity index (χ1) is 7.75. The fourth-order valence-electron chi connectivity index (χ4n) is 1.16. The maximum absolute atomic E-state index is 11.7. The molecule has 2 aromatic heterocycles. The molecule has 2 heterocycles. The van der Waals surface area contributed by atoms with Crippen LogP contribution in [0.5, 0.6) is 0 Å². The van der Waals surface area contributed by atoms with Crippen LogP contribution < -0.4 is 5.32 Å². The number of carbonyl (C=O) groups is 1. The van der Waals surface area contributed by atoms with Gasteiger partial charge in [0.25, 0.3) is 5.91 Å². The molecule has 2 rings (SSSR count). The number of hydrogen-bond donors (Lipinski definition) is 1. The molecule has 0 aliphatic rings. The van der Waals surface area contributed by atoms with Crippen LogP contribution in [0.15, 0.2) is 42.9 Å². The Morgan fingerprint density at radius 2 is 1.94 bits per heavy atom. The SMILES string of the molecule is O=C(Nc1cc(Cl)ccn1)c1ccncc1. The van der Waals surface area contributed by atoms with E-state index in [9.17, 15) is 4.79 Å². The fraction of sp³-hybridized carbons (Fsp3) is 0. The van der Waals surface area contributed by atoms with Crippen LogP contribution >= 0.6 is 11.6 Å². The first kappa shape index (κ1) is 10.6. The first-order valence-corrected chi connectivity index (χ1v) is 4.96. The molecule has 0 fully saturated rings. The summed E-state index contributed by atoms with van der Waals surface area (Å²) in [6, 6.07) is 6.48. The highest BCUT2D eigenvalue weighted by molar-refractivity contribution is 6.30. The molecule has 0 atom stereocenters. The van der Waals surface area contributed by atoms with Gasteiger partial charge < -0.3 is 5.32 Å². The minimum atomic E-state index is -0.239. The van der Waals surface area contributed by atoms with Crippen molar-refractivity contribution >= 4 is 23.3 Å². The number of nitrogens with zero attached hydrogens (tertiary/aromatic N) is 2. The standard InChI is InChI=1S/C11H8ClN3O/c12-9-3-6-14-10(7-9)15-11(16)8-1-4-13-5-2-8/h1-7H,(H,14,15,16). The third-order valence-corrected chi connectivity index (χ3v) is 2.14. The number of nitrogens with one attached hydrogen (secondary N) is 1. The third-order valence-electron chi connectivity index (χ3n) is 1.91. The minimum absolute atomic E-state index is 0.239. The van der Waals surface area contributed by atoms with E-state index < -0.39 is 0 Å². The first-order valence-electron chi connectivity index (χ1n) is 4.58. The zero-order chi connectivity index (χ0) is 11.4. The van der Waals surface area contributed by atoms with E-state index in [1.165, 1.54) is 6.20 Å². The molecule has 4 nitrogen and oxygen atoms in total. The van der Waals surface area contributed by atoms with Crippen molar-refractivity contribution in [3.8, 4) is 0 Å². The quantitative estimate of drug-likeness (QED) is 0.867. The Kier molecular flexibility index (Phi) is 3.12. The molecule has 0 unspecified atom stereocenters. The molecule has 0 aliphatic heterocycles. The van der Waals surface area contributed by atoms with Crippen molar-refractivity contribution in [2.75, 3.05) is 5.32 Å². The normalized spacial score (nSPS) is 9.81. The number of carbonyl (C=O) groups excluding carboxylic acids is 1. The van der Waals surface area contributed by atoms with Gasteiger partial charge in [0.05, 0.1) is 0 Å². The summed E-state index contributed by atoms with van der Waals surface area (Å²) in [7, 11) is 0. The largest absolute Gasteiger partial charge is 0.307 e. The van der Waals surface area contributed by atoms with Gasteiger partial charge in [-0.3, -0.25) is 9.78 Å². The monoisotopic (exact) mass is 233 g/mol. The van der Waals surface area contributed by atoms with Gasteiger partial charge >= 0.3 is 0 Å². The van der Waals surface area contributed by atoms with Crippen LogP contribution in [0.4, 0.5) is 5.82 Å². The molecule has 80 valence electrons. The van der Waals surface area contributed by atoms with Crippen LogP contribution in [-0.4, -0.2) is 15.9 Å². The molecular formula is C11H8ClN3O. The van der Waals surface area contributed by atoms with Gasteiger partial charge in [-0.1, -0.05) is 11.6 Å². The van der Waals surface area contributed by atoms with Gasteiger partial charge in [-0.2, -0.15) is 0 Å². The van der Waals surface area contributed by atoms with Gasteiger partial charge in [-0.15, -0.1) is 0 Å². The van der Waals surface area contributed by atoms with Crippen molar-refractivity contribution in [1.29, 1.82) is 0 Å². The van der Waals surface area contributed by atoms with Crippen molar-refractivity contribution in [2.45, 2.75) is 0 Å². The topological polar surface area (TPSA) is 54.9 Å². The van der Waals surface area contributed by atoms with Crippen LogP contribution in [0, 0.1) is 0 Å². The molecule has 0 radical (unpaired) electrons. The van der Waals surface area contributed by atoms with Gasteiger partial charge in [0.15, 0.2) is 0 Å². The lowest BCUT2D eigenvalue weighted by Gasteiger charge is -2.03. The molecule has 1 amide bonds. The highest BCUT2D eigenvalue weighted by Gasteiger charge is 2.05. The predicted octanol–water partition coefficient (Wildman–Crippen LogP) is 2.38. The Labute approximate surface area is 97.3 Å². The molecule has 1 N–H and O–H groups in total. The average Bonchev–Trinajstić information content (AvgIpc) is 2.30. The number of rotatable bonds is 2. The van der Waals surface area contributed by atoms with Crippen molar-refractivity contribution in [1.82, 2.24) is 9.97 Å². The molecule has 0 spiro atoms. The molecule has 0 aliphatic carbocycles. The smallest absolute Gasteiger partial charge is 0.256 e. The second kappa shape index (κ2) is 4.72. The molecule has 0 saturated heterocycles. The van der Waals surface area contributed by atoms with Crippen molar-refractivity contribution in [2.24, 2.45) is 0 Å². The minimum Gasteiger partial charge on any atom is -0.307 e. The summed E-state index contributed by atoms with van der Waals surface area (Å²) < 4.78 is 0. The molecule has 0 saturated carbocycles.